The molecule has 7 heteroatoms. The van der Waals surface area contributed by atoms with Crippen LogP contribution in [0.5, 0.6) is 0 Å². The van der Waals surface area contributed by atoms with Crippen molar-refractivity contribution in [2.24, 2.45) is 5.84 Å². The maximum atomic E-state index is 5.66. The number of rotatable bonds is 5. The van der Waals surface area contributed by atoms with Crippen molar-refractivity contribution in [3.8, 4) is 0 Å². The maximum absolute atomic E-state index is 5.66. The van der Waals surface area contributed by atoms with Crippen LogP contribution in [0.2, 0.25) is 0 Å². The molecule has 0 aromatic carbocycles. The first kappa shape index (κ1) is 13.5. The second-order valence-corrected chi connectivity index (χ2v) is 6.31. The summed E-state index contributed by atoms with van der Waals surface area (Å²) in [6.07, 6.45) is 0.768. The molecule has 0 radical (unpaired) electrons. The summed E-state index contributed by atoms with van der Waals surface area (Å²) >= 11 is 3.07. The maximum Gasteiger partial charge on any atom is 0.0897 e. The van der Waals surface area contributed by atoms with Crippen LogP contribution in [0.15, 0.2) is 5.38 Å². The molecule has 0 amide bonds. The van der Waals surface area contributed by atoms with Gasteiger partial charge in [-0.15, -0.1) is 16.4 Å². The molecule has 2 aromatic rings. The van der Waals surface area contributed by atoms with Gasteiger partial charge >= 0.3 is 0 Å². The second-order valence-electron chi connectivity index (χ2n) is 4.46. The summed E-state index contributed by atoms with van der Waals surface area (Å²) in [5.41, 5.74) is 4.93. The minimum absolute atomic E-state index is 0.0314. The van der Waals surface area contributed by atoms with E-state index < -0.39 is 0 Å². The number of hydrogen-bond acceptors (Lipinski definition) is 7. The van der Waals surface area contributed by atoms with E-state index in [0.29, 0.717) is 5.92 Å². The van der Waals surface area contributed by atoms with Crippen LogP contribution in [0.3, 0.4) is 0 Å². The molecular weight excluding hydrogens is 266 g/mol. The number of nitrogens with two attached hydrogens (primary N) is 1. The predicted molar refractivity (Wildman–Crippen MR) is 74.6 cm³/mol. The molecule has 2 aromatic heterocycles. The van der Waals surface area contributed by atoms with Crippen LogP contribution in [0.1, 0.15) is 47.1 Å². The normalized spacial score (nSPS) is 13.2. The number of aromatic nitrogens is 3. The fraction of sp³-hybridized carbons (Fsp3) is 0.545. The van der Waals surface area contributed by atoms with Gasteiger partial charge in [0.15, 0.2) is 0 Å². The summed E-state index contributed by atoms with van der Waals surface area (Å²) < 4.78 is 4.04. The van der Waals surface area contributed by atoms with E-state index in [1.807, 2.05) is 6.92 Å². The van der Waals surface area contributed by atoms with Crippen LogP contribution in [0.25, 0.3) is 0 Å². The largest absolute Gasteiger partial charge is 0.271 e. The Kier molecular flexibility index (Phi) is 4.39. The predicted octanol–water partition coefficient (Wildman–Crippen LogP) is 2.17. The summed E-state index contributed by atoms with van der Waals surface area (Å²) in [5, 5.41) is 7.34. The topological polar surface area (TPSA) is 76.7 Å². The summed E-state index contributed by atoms with van der Waals surface area (Å²) in [6.45, 7) is 6.23. The summed E-state index contributed by atoms with van der Waals surface area (Å²) in [4.78, 5) is 5.58. The molecule has 0 saturated carbocycles. The zero-order chi connectivity index (χ0) is 13.1. The third-order valence-electron chi connectivity index (χ3n) is 2.68. The Labute approximate surface area is 115 Å². The van der Waals surface area contributed by atoms with E-state index in [1.54, 1.807) is 11.3 Å². The Morgan fingerprint density at radius 3 is 2.78 bits per heavy atom. The zero-order valence-corrected chi connectivity index (χ0v) is 12.3. The molecule has 0 fully saturated rings. The highest BCUT2D eigenvalue weighted by Crippen LogP contribution is 2.28. The Morgan fingerprint density at radius 1 is 1.44 bits per heavy atom. The highest BCUT2D eigenvalue weighted by atomic mass is 32.1. The summed E-state index contributed by atoms with van der Waals surface area (Å²) in [5.74, 6) is 6.02. The first-order valence-corrected chi connectivity index (χ1v) is 7.46. The van der Waals surface area contributed by atoms with E-state index in [0.717, 1.165) is 27.7 Å². The molecule has 1 unspecified atom stereocenters. The number of nitrogens with one attached hydrogen (secondary N) is 1. The Balaban J connectivity index is 2.20. The average molecular weight is 283 g/mol. The van der Waals surface area contributed by atoms with E-state index >= 15 is 0 Å². The number of nitrogens with zero attached hydrogens (tertiary/aromatic N) is 3. The smallest absolute Gasteiger partial charge is 0.0897 e. The minimum atomic E-state index is 0.0314. The Bertz CT molecular complexity index is 505. The number of hydrazine groups is 1. The van der Waals surface area contributed by atoms with Gasteiger partial charge in [0.2, 0.25) is 0 Å². The van der Waals surface area contributed by atoms with Gasteiger partial charge in [0.25, 0.3) is 0 Å². The van der Waals surface area contributed by atoms with Crippen LogP contribution in [-0.4, -0.2) is 14.6 Å². The van der Waals surface area contributed by atoms with Gasteiger partial charge in [-0.05, 0) is 24.4 Å². The van der Waals surface area contributed by atoms with Crippen LogP contribution in [0, 0.1) is 6.92 Å². The fourth-order valence-electron chi connectivity index (χ4n) is 1.78. The lowest BCUT2D eigenvalue weighted by Gasteiger charge is -2.14. The first-order chi connectivity index (χ1) is 8.61. The lowest BCUT2D eigenvalue weighted by atomic mass is 10.0. The molecule has 98 valence electrons. The summed E-state index contributed by atoms with van der Waals surface area (Å²) in [7, 11) is 0. The molecule has 1 atom stereocenters. The number of aryl methyl sites for hydroxylation is 1. The number of hydrogen-bond donors (Lipinski definition) is 2. The molecular formula is C11H17N5S2. The van der Waals surface area contributed by atoms with Crippen molar-refractivity contribution in [3.05, 3.63) is 26.7 Å². The van der Waals surface area contributed by atoms with Crippen molar-refractivity contribution in [2.75, 3.05) is 0 Å². The first-order valence-electron chi connectivity index (χ1n) is 5.81. The molecule has 0 aliphatic carbocycles. The lowest BCUT2D eigenvalue weighted by Crippen LogP contribution is -2.29. The van der Waals surface area contributed by atoms with Crippen LogP contribution in [0.4, 0.5) is 0 Å². The van der Waals surface area contributed by atoms with Gasteiger partial charge in [-0.3, -0.25) is 11.3 Å². The lowest BCUT2D eigenvalue weighted by molar-refractivity contribution is 0.546. The standard InChI is InChI=1S/C11H17N5S2/c1-6(2)10-11(18-16-15-10)9(14-12)4-8-5-17-7(3)13-8/h5-6,9,14H,4,12H2,1-3H3. The van der Waals surface area contributed by atoms with E-state index in [2.05, 4.69) is 39.2 Å². The second kappa shape index (κ2) is 5.83. The van der Waals surface area contributed by atoms with Gasteiger partial charge in [0, 0.05) is 11.8 Å². The number of thiazole rings is 1. The SMILES string of the molecule is Cc1nc(CC(NN)c2snnc2C(C)C)cs1. The molecule has 5 nitrogen and oxygen atoms in total. The van der Waals surface area contributed by atoms with Crippen molar-refractivity contribution in [2.45, 2.75) is 39.2 Å². The molecule has 18 heavy (non-hydrogen) atoms. The third-order valence-corrected chi connectivity index (χ3v) is 4.36. The van der Waals surface area contributed by atoms with Crippen molar-refractivity contribution in [1.29, 1.82) is 0 Å². The van der Waals surface area contributed by atoms with Crippen LogP contribution >= 0.6 is 22.9 Å². The van der Waals surface area contributed by atoms with Gasteiger partial charge in [0.1, 0.15) is 0 Å². The van der Waals surface area contributed by atoms with Gasteiger partial charge in [-0.25, -0.2) is 4.98 Å². The molecule has 2 rings (SSSR count). The third kappa shape index (κ3) is 2.92. The highest BCUT2D eigenvalue weighted by molar-refractivity contribution is 7.09. The molecule has 0 bridgehead atoms. The van der Waals surface area contributed by atoms with Crippen molar-refractivity contribution >= 4 is 22.9 Å². The van der Waals surface area contributed by atoms with Crippen LogP contribution in [-0.2, 0) is 6.42 Å². The Morgan fingerprint density at radius 2 is 2.22 bits per heavy atom. The van der Waals surface area contributed by atoms with Crippen molar-refractivity contribution in [3.63, 3.8) is 0 Å². The monoisotopic (exact) mass is 283 g/mol. The van der Waals surface area contributed by atoms with E-state index in [4.69, 9.17) is 5.84 Å². The van der Waals surface area contributed by atoms with E-state index in [1.165, 1.54) is 11.5 Å². The molecule has 0 saturated heterocycles. The molecule has 0 spiro atoms. The molecule has 2 heterocycles. The zero-order valence-electron chi connectivity index (χ0n) is 10.7. The van der Waals surface area contributed by atoms with Crippen molar-refractivity contribution < 1.29 is 0 Å². The van der Waals surface area contributed by atoms with E-state index in [9.17, 15) is 0 Å². The fourth-order valence-corrected chi connectivity index (χ4v) is 3.28. The average Bonchev–Trinajstić information content (AvgIpc) is 2.94. The minimum Gasteiger partial charge on any atom is -0.271 e. The Hall–Kier alpha value is -0.890. The van der Waals surface area contributed by atoms with Crippen molar-refractivity contribution in [1.82, 2.24) is 20.0 Å². The molecule has 0 aliphatic heterocycles. The van der Waals surface area contributed by atoms with E-state index in [-0.39, 0.29) is 6.04 Å². The quantitative estimate of drug-likeness (QED) is 0.649. The van der Waals surface area contributed by atoms with Gasteiger partial charge in [-0.2, -0.15) is 0 Å². The van der Waals surface area contributed by atoms with Gasteiger partial charge < -0.3 is 0 Å². The van der Waals surface area contributed by atoms with Gasteiger partial charge in [-0.1, -0.05) is 18.3 Å². The highest BCUT2D eigenvalue weighted by Gasteiger charge is 2.21. The van der Waals surface area contributed by atoms with Crippen LogP contribution < -0.4 is 11.3 Å². The summed E-state index contributed by atoms with van der Waals surface area (Å²) in [6, 6.07) is 0.0314. The molecule has 3 N–H and O–H groups in total. The molecule has 0 aliphatic rings. The van der Waals surface area contributed by atoms with Gasteiger partial charge in [0.05, 0.1) is 27.3 Å².